The second-order valence-corrected chi connectivity index (χ2v) is 12.9. The molecule has 1 N–H and O–H groups in total. The number of aromatic carboxylic acids is 1. The van der Waals surface area contributed by atoms with Crippen molar-refractivity contribution in [2.75, 3.05) is 7.11 Å². The van der Waals surface area contributed by atoms with E-state index in [4.69, 9.17) is 9.72 Å². The summed E-state index contributed by atoms with van der Waals surface area (Å²) in [6.07, 6.45) is 1.19. The third-order valence-electron chi connectivity index (χ3n) is 8.94. The molecular weight excluding hydrogens is 609 g/mol. The maximum absolute atomic E-state index is 13.1. The van der Waals surface area contributed by atoms with Gasteiger partial charge in [-0.15, -0.1) is 11.3 Å². The summed E-state index contributed by atoms with van der Waals surface area (Å²) in [5.41, 5.74) is 6.52. The zero-order valence-electron chi connectivity index (χ0n) is 25.1. The molecule has 0 amide bonds. The summed E-state index contributed by atoms with van der Waals surface area (Å²) in [6, 6.07) is 24.7. The summed E-state index contributed by atoms with van der Waals surface area (Å²) in [5.74, 6) is 0.145. The van der Waals surface area contributed by atoms with Crippen LogP contribution in [0.25, 0.3) is 43.6 Å². The Morgan fingerprint density at radius 2 is 1.72 bits per heavy atom. The molecular formula is C37H31F3N2O3S. The Morgan fingerprint density at radius 1 is 0.957 bits per heavy atom. The van der Waals surface area contributed by atoms with Crippen molar-refractivity contribution in [3.63, 3.8) is 0 Å². The van der Waals surface area contributed by atoms with Crippen LogP contribution >= 0.6 is 11.3 Å². The van der Waals surface area contributed by atoms with E-state index in [2.05, 4.69) is 22.8 Å². The molecule has 0 bridgehead atoms. The monoisotopic (exact) mass is 640 g/mol. The van der Waals surface area contributed by atoms with Crippen molar-refractivity contribution < 1.29 is 27.8 Å². The number of fused-ring (bicyclic) bond motifs is 2. The fourth-order valence-corrected chi connectivity index (χ4v) is 7.84. The number of alkyl halides is 3. The lowest BCUT2D eigenvalue weighted by Crippen LogP contribution is -2.08. The van der Waals surface area contributed by atoms with Gasteiger partial charge in [-0.2, -0.15) is 13.2 Å². The molecule has 0 spiro atoms. The van der Waals surface area contributed by atoms with Crippen molar-refractivity contribution in [2.24, 2.45) is 0 Å². The molecule has 5 nitrogen and oxygen atoms in total. The van der Waals surface area contributed by atoms with Gasteiger partial charge in [0, 0.05) is 17.5 Å². The van der Waals surface area contributed by atoms with Gasteiger partial charge in [-0.05, 0) is 84.0 Å². The Labute approximate surface area is 267 Å². The normalized spacial score (nSPS) is 14.3. The number of carboxylic acids is 1. The average Bonchev–Trinajstić information content (AvgIpc) is 3.63. The molecule has 6 aromatic rings. The number of carbonyl (C=O) groups is 1. The number of methoxy groups -OCH3 is 1. The Kier molecular flexibility index (Phi) is 7.80. The van der Waals surface area contributed by atoms with E-state index < -0.39 is 17.7 Å². The van der Waals surface area contributed by atoms with Crippen molar-refractivity contribution in [1.29, 1.82) is 0 Å². The van der Waals surface area contributed by atoms with Crippen LogP contribution in [0.4, 0.5) is 13.2 Å². The highest BCUT2D eigenvalue weighted by Gasteiger charge is 2.31. The number of benzene rings is 3. The molecule has 1 saturated carbocycles. The quantitative estimate of drug-likeness (QED) is 0.189. The largest absolute Gasteiger partial charge is 0.497 e. The molecule has 0 atom stereocenters. The number of rotatable bonds is 7. The van der Waals surface area contributed by atoms with Gasteiger partial charge in [0.1, 0.15) is 10.6 Å². The van der Waals surface area contributed by atoms with Gasteiger partial charge in [0.25, 0.3) is 0 Å². The molecule has 234 valence electrons. The van der Waals surface area contributed by atoms with Crippen LogP contribution in [-0.4, -0.2) is 27.7 Å². The van der Waals surface area contributed by atoms with Crippen LogP contribution in [0.3, 0.4) is 0 Å². The Morgan fingerprint density at radius 3 is 2.43 bits per heavy atom. The van der Waals surface area contributed by atoms with Gasteiger partial charge in [0.05, 0.1) is 39.8 Å². The van der Waals surface area contributed by atoms with Gasteiger partial charge in [-0.3, -0.25) is 0 Å². The van der Waals surface area contributed by atoms with E-state index in [0.29, 0.717) is 28.6 Å². The van der Waals surface area contributed by atoms with E-state index in [1.807, 2.05) is 36.4 Å². The van der Waals surface area contributed by atoms with Crippen LogP contribution < -0.4 is 4.74 Å². The molecule has 0 radical (unpaired) electrons. The summed E-state index contributed by atoms with van der Waals surface area (Å²) in [6.45, 7) is 0.536. The summed E-state index contributed by atoms with van der Waals surface area (Å²) in [5, 5.41) is 10.8. The minimum absolute atomic E-state index is 0.314. The second-order valence-electron chi connectivity index (χ2n) is 11.8. The third kappa shape index (κ3) is 5.64. The van der Waals surface area contributed by atoms with Crippen LogP contribution in [0.1, 0.15) is 64.4 Å². The van der Waals surface area contributed by atoms with Crippen molar-refractivity contribution in [3.8, 4) is 28.3 Å². The Balaban J connectivity index is 1.37. The molecule has 9 heteroatoms. The zero-order valence-corrected chi connectivity index (χ0v) is 25.9. The first-order chi connectivity index (χ1) is 22.2. The number of aromatic nitrogens is 2. The van der Waals surface area contributed by atoms with Gasteiger partial charge in [-0.1, -0.05) is 55.7 Å². The maximum atomic E-state index is 13.1. The topological polar surface area (TPSA) is 64.4 Å². The molecule has 0 saturated heterocycles. The van der Waals surface area contributed by atoms with Crippen molar-refractivity contribution >= 4 is 38.4 Å². The number of hydrogen-bond acceptors (Lipinski definition) is 4. The fourth-order valence-electron chi connectivity index (χ4n) is 6.72. The number of halogens is 3. The molecule has 3 heterocycles. The first-order valence-electron chi connectivity index (χ1n) is 15.3. The molecule has 3 aromatic carbocycles. The number of thiophene rings is 1. The summed E-state index contributed by atoms with van der Waals surface area (Å²) < 4.78 is 48.1. The summed E-state index contributed by atoms with van der Waals surface area (Å²) in [4.78, 5) is 17.2. The van der Waals surface area contributed by atoms with E-state index in [9.17, 15) is 23.1 Å². The smallest absolute Gasteiger partial charge is 0.416 e. The highest BCUT2D eigenvalue weighted by Crippen LogP contribution is 2.47. The van der Waals surface area contributed by atoms with Crippen LogP contribution in [0.15, 0.2) is 84.9 Å². The molecule has 1 aliphatic rings. The number of ether oxygens (including phenoxy) is 1. The van der Waals surface area contributed by atoms with Crippen LogP contribution in [-0.2, 0) is 12.7 Å². The summed E-state index contributed by atoms with van der Waals surface area (Å²) >= 11 is 1.35. The van der Waals surface area contributed by atoms with Gasteiger partial charge in [0.15, 0.2) is 0 Å². The first-order valence-corrected chi connectivity index (χ1v) is 16.1. The van der Waals surface area contributed by atoms with E-state index in [1.165, 1.54) is 35.5 Å². The average molecular weight is 641 g/mol. The second kappa shape index (κ2) is 11.9. The SMILES string of the molecule is COc1cccc(Cn2c(-c3ccc4nc(-c5ccc(C(F)(F)F)cc5)ccc4c3)c(C3CCCCC3)c3sc(C(=O)O)cc32)c1. The highest BCUT2D eigenvalue weighted by molar-refractivity contribution is 7.21. The van der Waals surface area contributed by atoms with Gasteiger partial charge in [-0.25, -0.2) is 9.78 Å². The number of carboxylic acid groups (broad SMARTS) is 1. The highest BCUT2D eigenvalue weighted by atomic mass is 32.1. The molecule has 46 heavy (non-hydrogen) atoms. The van der Waals surface area contributed by atoms with E-state index in [1.54, 1.807) is 13.2 Å². The van der Waals surface area contributed by atoms with Crippen molar-refractivity contribution in [2.45, 2.75) is 50.7 Å². The number of hydrogen-bond donors (Lipinski definition) is 1. The lowest BCUT2D eigenvalue weighted by Gasteiger charge is -2.24. The standard InChI is InChI=1S/C37H31F3N2O3S/c1-45-28-9-5-6-22(18-28)21-42-31-20-32(36(43)44)46-35(31)33(24-7-3-2-4-8-24)34(42)26-13-17-30-25(19-26)12-16-29(41-30)23-10-14-27(15-11-23)37(38,39)40/h5-6,9-20,24H,2-4,7-8,21H2,1H3,(H,43,44). The molecule has 1 aliphatic carbocycles. The lowest BCUT2D eigenvalue weighted by molar-refractivity contribution is -0.137. The number of nitrogens with zero attached hydrogens (tertiary/aromatic N) is 2. The fraction of sp³-hybridized carbons (Fsp3) is 0.243. The van der Waals surface area contributed by atoms with E-state index in [0.717, 1.165) is 81.5 Å². The van der Waals surface area contributed by atoms with Crippen LogP contribution in [0.5, 0.6) is 5.75 Å². The minimum atomic E-state index is -4.39. The minimum Gasteiger partial charge on any atom is -0.497 e. The van der Waals surface area contributed by atoms with E-state index >= 15 is 0 Å². The molecule has 7 rings (SSSR count). The Hall–Kier alpha value is -4.63. The van der Waals surface area contributed by atoms with Gasteiger partial charge >= 0.3 is 12.1 Å². The van der Waals surface area contributed by atoms with Crippen LogP contribution in [0.2, 0.25) is 0 Å². The predicted molar refractivity (Wildman–Crippen MR) is 176 cm³/mol. The van der Waals surface area contributed by atoms with Crippen molar-refractivity contribution in [1.82, 2.24) is 9.55 Å². The van der Waals surface area contributed by atoms with Gasteiger partial charge < -0.3 is 14.4 Å². The zero-order chi connectivity index (χ0) is 32.0. The lowest BCUT2D eigenvalue weighted by atomic mass is 9.83. The van der Waals surface area contributed by atoms with Crippen LogP contribution in [0, 0.1) is 0 Å². The van der Waals surface area contributed by atoms with Gasteiger partial charge in [0.2, 0.25) is 0 Å². The summed E-state index contributed by atoms with van der Waals surface area (Å²) in [7, 11) is 1.64. The third-order valence-corrected chi connectivity index (χ3v) is 10.1. The first kappa shape index (κ1) is 30.0. The van der Waals surface area contributed by atoms with Crippen molar-refractivity contribution in [3.05, 3.63) is 106 Å². The molecule has 0 aliphatic heterocycles. The molecule has 3 aromatic heterocycles. The Bertz CT molecular complexity index is 2070. The maximum Gasteiger partial charge on any atom is 0.416 e. The molecule has 0 unspecified atom stereocenters. The predicted octanol–water partition coefficient (Wildman–Crippen LogP) is 10.4. The van der Waals surface area contributed by atoms with E-state index in [-0.39, 0.29) is 0 Å². The molecule has 1 fully saturated rings. The number of pyridine rings is 1.